The van der Waals surface area contributed by atoms with Crippen LogP contribution >= 0.6 is 0 Å². The topological polar surface area (TPSA) is 65.8 Å². The summed E-state index contributed by atoms with van der Waals surface area (Å²) >= 11 is 0. The van der Waals surface area contributed by atoms with E-state index >= 15 is 0 Å². The first-order chi connectivity index (χ1) is 14.5. The third-order valence-corrected chi connectivity index (χ3v) is 5.60. The highest BCUT2D eigenvalue weighted by atomic mass is 16.3. The minimum atomic E-state index is -0.176. The number of carbonyl (C=O) groups excluding carboxylic acids is 2. The summed E-state index contributed by atoms with van der Waals surface area (Å²) in [6, 6.07) is 15.4. The lowest BCUT2D eigenvalue weighted by molar-refractivity contribution is -0.128. The molecule has 0 radical (unpaired) electrons. The van der Waals surface area contributed by atoms with Gasteiger partial charge in [-0.05, 0) is 30.2 Å². The van der Waals surface area contributed by atoms with Gasteiger partial charge in [0.15, 0.2) is 0 Å². The monoisotopic (exact) mass is 405 g/mol. The summed E-state index contributed by atoms with van der Waals surface area (Å²) in [5, 5.41) is 4.00. The van der Waals surface area contributed by atoms with Crippen molar-refractivity contribution in [1.29, 1.82) is 0 Å². The van der Waals surface area contributed by atoms with Gasteiger partial charge in [0.1, 0.15) is 11.3 Å². The Kier molecular flexibility index (Phi) is 5.74. The summed E-state index contributed by atoms with van der Waals surface area (Å²) in [6.45, 7) is 3.98. The molecular formula is C24H27N3O3. The van der Waals surface area contributed by atoms with Gasteiger partial charge in [-0.25, -0.2) is 4.79 Å². The standard InChI is InChI=1S/C24H27N3O3/c1-3-21-20(19-7-4-5-8-22(19)30-21)16-26(2)24(29)25-18-12-10-17(11-13-18)15-27-14-6-9-23(27)28/h4-5,7-8,10-13H,3,6,9,14-16H2,1-2H3,(H,25,29). The van der Waals surface area contributed by atoms with Gasteiger partial charge < -0.3 is 19.5 Å². The molecule has 2 heterocycles. The summed E-state index contributed by atoms with van der Waals surface area (Å²) in [4.78, 5) is 28.0. The number of furan rings is 1. The molecule has 0 unspecified atom stereocenters. The number of benzene rings is 2. The Hall–Kier alpha value is -3.28. The number of anilines is 1. The molecule has 1 aromatic heterocycles. The molecule has 3 aromatic rings. The number of amides is 3. The lowest BCUT2D eigenvalue weighted by Gasteiger charge is -2.19. The summed E-state index contributed by atoms with van der Waals surface area (Å²) < 4.78 is 5.94. The van der Waals surface area contributed by atoms with Crippen LogP contribution in [0.15, 0.2) is 52.9 Å². The number of rotatable bonds is 6. The first-order valence-electron chi connectivity index (χ1n) is 10.4. The van der Waals surface area contributed by atoms with Crippen LogP contribution in [0.5, 0.6) is 0 Å². The van der Waals surface area contributed by atoms with Crippen molar-refractivity contribution in [3.63, 3.8) is 0 Å². The van der Waals surface area contributed by atoms with E-state index in [1.54, 1.807) is 11.9 Å². The molecule has 0 aliphatic carbocycles. The normalized spacial score (nSPS) is 13.8. The Morgan fingerprint density at radius 3 is 2.63 bits per heavy atom. The molecular weight excluding hydrogens is 378 g/mol. The van der Waals surface area contributed by atoms with Crippen LogP contribution in [0.25, 0.3) is 11.0 Å². The highest BCUT2D eigenvalue weighted by Gasteiger charge is 2.20. The highest BCUT2D eigenvalue weighted by Crippen LogP contribution is 2.27. The van der Waals surface area contributed by atoms with Gasteiger partial charge in [0.2, 0.25) is 5.91 Å². The number of likely N-dealkylation sites (tertiary alicyclic amines) is 1. The molecule has 6 nitrogen and oxygen atoms in total. The fourth-order valence-corrected chi connectivity index (χ4v) is 3.92. The van der Waals surface area contributed by atoms with Gasteiger partial charge in [-0.1, -0.05) is 37.3 Å². The number of carbonyl (C=O) groups is 2. The van der Waals surface area contributed by atoms with Crippen LogP contribution in [0.1, 0.15) is 36.7 Å². The van der Waals surface area contributed by atoms with Crippen molar-refractivity contribution < 1.29 is 14.0 Å². The maximum Gasteiger partial charge on any atom is 0.321 e. The Balaban J connectivity index is 1.40. The number of hydrogen-bond donors (Lipinski definition) is 1. The molecule has 1 fully saturated rings. The summed E-state index contributed by atoms with van der Waals surface area (Å²) in [5.41, 5.74) is 3.70. The molecule has 4 rings (SSSR count). The molecule has 0 bridgehead atoms. The van der Waals surface area contributed by atoms with Gasteiger partial charge >= 0.3 is 6.03 Å². The molecule has 6 heteroatoms. The second-order valence-corrected chi connectivity index (χ2v) is 7.76. The second kappa shape index (κ2) is 8.61. The zero-order chi connectivity index (χ0) is 21.1. The molecule has 1 aliphatic heterocycles. The van der Waals surface area contributed by atoms with Gasteiger partial charge in [0.25, 0.3) is 0 Å². The maximum atomic E-state index is 12.7. The molecule has 0 atom stereocenters. The number of fused-ring (bicyclic) bond motifs is 1. The van der Waals surface area contributed by atoms with E-state index in [0.717, 1.165) is 52.9 Å². The van der Waals surface area contributed by atoms with Crippen molar-refractivity contribution in [1.82, 2.24) is 9.80 Å². The Morgan fingerprint density at radius 1 is 1.17 bits per heavy atom. The first kappa shape index (κ1) is 20.0. The lowest BCUT2D eigenvalue weighted by Crippen LogP contribution is -2.31. The Bertz CT molecular complexity index is 1060. The van der Waals surface area contributed by atoms with E-state index in [2.05, 4.69) is 12.2 Å². The highest BCUT2D eigenvalue weighted by molar-refractivity contribution is 5.90. The molecule has 1 saturated heterocycles. The van der Waals surface area contributed by atoms with Crippen LogP contribution in [0.2, 0.25) is 0 Å². The molecule has 30 heavy (non-hydrogen) atoms. The molecule has 3 amide bonds. The zero-order valence-electron chi connectivity index (χ0n) is 17.5. The van der Waals surface area contributed by atoms with Crippen LogP contribution in [0.3, 0.4) is 0 Å². The van der Waals surface area contributed by atoms with Crippen molar-refractivity contribution in [2.45, 2.75) is 39.3 Å². The van der Waals surface area contributed by atoms with E-state index in [9.17, 15) is 9.59 Å². The molecule has 0 saturated carbocycles. The van der Waals surface area contributed by atoms with E-state index in [1.807, 2.05) is 53.4 Å². The smallest absolute Gasteiger partial charge is 0.321 e. The lowest BCUT2D eigenvalue weighted by atomic mass is 10.1. The van der Waals surface area contributed by atoms with E-state index in [-0.39, 0.29) is 11.9 Å². The molecule has 156 valence electrons. The van der Waals surface area contributed by atoms with Crippen molar-refractivity contribution >= 4 is 28.6 Å². The number of nitrogens with one attached hydrogen (secondary N) is 1. The number of nitrogens with zero attached hydrogens (tertiary/aromatic N) is 2. The average molecular weight is 405 g/mol. The van der Waals surface area contributed by atoms with Gasteiger partial charge in [-0.3, -0.25) is 4.79 Å². The predicted molar refractivity (Wildman–Crippen MR) is 117 cm³/mol. The van der Waals surface area contributed by atoms with Gasteiger partial charge in [-0.2, -0.15) is 0 Å². The Labute approximate surface area is 176 Å². The van der Waals surface area contributed by atoms with Gasteiger partial charge in [0, 0.05) is 49.6 Å². The quantitative estimate of drug-likeness (QED) is 0.642. The first-order valence-corrected chi connectivity index (χ1v) is 10.4. The van der Waals surface area contributed by atoms with Crippen LogP contribution in [-0.4, -0.2) is 35.3 Å². The van der Waals surface area contributed by atoms with Crippen LogP contribution < -0.4 is 5.32 Å². The zero-order valence-corrected chi connectivity index (χ0v) is 17.5. The van der Waals surface area contributed by atoms with Crippen LogP contribution in [0, 0.1) is 0 Å². The molecule has 1 aliphatic rings. The number of para-hydroxylation sites is 1. The molecule has 2 aromatic carbocycles. The van der Waals surface area contributed by atoms with E-state index in [0.29, 0.717) is 19.5 Å². The fraction of sp³-hybridized carbons (Fsp3) is 0.333. The van der Waals surface area contributed by atoms with Crippen molar-refractivity contribution in [2.24, 2.45) is 0 Å². The van der Waals surface area contributed by atoms with E-state index < -0.39 is 0 Å². The van der Waals surface area contributed by atoms with E-state index in [1.165, 1.54) is 0 Å². The number of aryl methyl sites for hydroxylation is 1. The summed E-state index contributed by atoms with van der Waals surface area (Å²) in [6.07, 6.45) is 2.36. The van der Waals surface area contributed by atoms with Gasteiger partial charge in [-0.15, -0.1) is 0 Å². The molecule has 0 spiro atoms. The van der Waals surface area contributed by atoms with Crippen molar-refractivity contribution in [3.8, 4) is 0 Å². The predicted octanol–water partition coefficient (Wildman–Crippen LogP) is 4.78. The third-order valence-electron chi connectivity index (χ3n) is 5.60. The fourth-order valence-electron chi connectivity index (χ4n) is 3.92. The largest absolute Gasteiger partial charge is 0.461 e. The number of hydrogen-bond acceptors (Lipinski definition) is 3. The average Bonchev–Trinajstić information content (AvgIpc) is 3.32. The SMILES string of the molecule is CCc1oc2ccccc2c1CN(C)C(=O)Nc1ccc(CN2CCCC2=O)cc1. The number of urea groups is 1. The van der Waals surface area contributed by atoms with Crippen molar-refractivity contribution in [3.05, 3.63) is 65.4 Å². The molecule has 1 N–H and O–H groups in total. The minimum Gasteiger partial charge on any atom is -0.461 e. The second-order valence-electron chi connectivity index (χ2n) is 7.76. The van der Waals surface area contributed by atoms with Crippen molar-refractivity contribution in [2.75, 3.05) is 18.9 Å². The summed E-state index contributed by atoms with van der Waals surface area (Å²) in [7, 11) is 1.78. The van der Waals surface area contributed by atoms with Crippen LogP contribution in [0.4, 0.5) is 10.5 Å². The van der Waals surface area contributed by atoms with Gasteiger partial charge in [0.05, 0.1) is 6.54 Å². The van der Waals surface area contributed by atoms with E-state index in [4.69, 9.17) is 4.42 Å². The van der Waals surface area contributed by atoms with Crippen LogP contribution in [-0.2, 0) is 24.3 Å². The maximum absolute atomic E-state index is 12.7. The third kappa shape index (κ3) is 4.17. The Morgan fingerprint density at radius 2 is 1.93 bits per heavy atom. The minimum absolute atomic E-state index is 0.176. The summed E-state index contributed by atoms with van der Waals surface area (Å²) in [5.74, 6) is 1.13.